The summed E-state index contributed by atoms with van der Waals surface area (Å²) in [6.07, 6.45) is 6.12. The minimum atomic E-state index is -3.47. The predicted octanol–water partition coefficient (Wildman–Crippen LogP) is 6.63. The van der Waals surface area contributed by atoms with Crippen molar-refractivity contribution in [3.05, 3.63) is 95.6 Å². The van der Waals surface area contributed by atoms with Crippen molar-refractivity contribution in [2.24, 2.45) is 0 Å². The number of rotatable bonds is 14. The van der Waals surface area contributed by atoms with E-state index in [2.05, 4.69) is 17.6 Å². The van der Waals surface area contributed by atoms with Gasteiger partial charge in [-0.25, -0.2) is 13.2 Å². The number of hydrogen-bond donors (Lipinski definition) is 2. The van der Waals surface area contributed by atoms with Crippen molar-refractivity contribution in [3.8, 4) is 0 Å². The Balaban J connectivity index is 1.59. The Kier molecular flexibility index (Phi) is 11.1. The van der Waals surface area contributed by atoms with Gasteiger partial charge in [0.1, 0.15) is 0 Å². The van der Waals surface area contributed by atoms with Crippen LogP contribution in [0.25, 0.3) is 0 Å². The Hall–Kier alpha value is -3.45. The van der Waals surface area contributed by atoms with E-state index < -0.39 is 21.9 Å². The summed E-state index contributed by atoms with van der Waals surface area (Å²) in [6.45, 7) is 4.07. The predicted molar refractivity (Wildman–Crippen MR) is 153 cm³/mol. The average molecular weight is 535 g/mol. The lowest BCUT2D eigenvalue weighted by Crippen LogP contribution is -2.44. The summed E-state index contributed by atoms with van der Waals surface area (Å²) in [4.78, 5) is 26.1. The quantitative estimate of drug-likeness (QED) is 0.227. The van der Waals surface area contributed by atoms with Crippen LogP contribution in [0.15, 0.2) is 83.8 Å². The smallest absolute Gasteiger partial charge is 0.319 e. The third-order valence-electron chi connectivity index (χ3n) is 6.45. The van der Waals surface area contributed by atoms with Crippen LogP contribution in [0.3, 0.4) is 0 Å². The van der Waals surface area contributed by atoms with Gasteiger partial charge in [-0.2, -0.15) is 0 Å². The number of sulfone groups is 1. The van der Waals surface area contributed by atoms with Crippen LogP contribution < -0.4 is 10.6 Å². The number of amides is 2. The number of Topliss-reactive ketones (excluding diaryl/α,β-unsaturated/α-hetero) is 1. The van der Waals surface area contributed by atoms with Crippen LogP contribution in [0.1, 0.15) is 62.1 Å². The van der Waals surface area contributed by atoms with E-state index in [-0.39, 0.29) is 16.4 Å². The zero-order valence-electron chi connectivity index (χ0n) is 22.3. The first-order valence-corrected chi connectivity index (χ1v) is 14.9. The maximum Gasteiger partial charge on any atom is 0.319 e. The maximum atomic E-state index is 13.0. The zero-order valence-corrected chi connectivity index (χ0v) is 23.1. The van der Waals surface area contributed by atoms with Gasteiger partial charge in [0.25, 0.3) is 0 Å². The van der Waals surface area contributed by atoms with Gasteiger partial charge < -0.3 is 10.6 Å². The minimum absolute atomic E-state index is 0.0251. The van der Waals surface area contributed by atoms with Crippen molar-refractivity contribution in [3.63, 3.8) is 0 Å². The largest absolute Gasteiger partial charge is 0.328 e. The number of hydrogen-bond acceptors (Lipinski definition) is 4. The number of urea groups is 1. The van der Waals surface area contributed by atoms with Crippen molar-refractivity contribution in [2.45, 2.75) is 75.5 Å². The van der Waals surface area contributed by atoms with E-state index in [4.69, 9.17) is 0 Å². The fourth-order valence-corrected chi connectivity index (χ4v) is 5.58. The van der Waals surface area contributed by atoms with E-state index in [9.17, 15) is 18.0 Å². The number of ketones is 1. The Labute approximate surface area is 226 Å². The van der Waals surface area contributed by atoms with Crippen LogP contribution in [-0.2, 0) is 26.8 Å². The van der Waals surface area contributed by atoms with Crippen molar-refractivity contribution in [1.82, 2.24) is 5.32 Å². The molecule has 0 fully saturated rings. The molecule has 3 aromatic rings. The molecule has 38 heavy (non-hydrogen) atoms. The number of carbonyl (C=O) groups excluding carboxylic acids is 2. The second-order valence-electron chi connectivity index (χ2n) is 9.74. The molecule has 0 aliphatic rings. The van der Waals surface area contributed by atoms with Crippen molar-refractivity contribution < 1.29 is 18.0 Å². The number of unbranched alkanes of at least 4 members (excludes halogenated alkanes) is 4. The Morgan fingerprint density at radius 1 is 0.789 bits per heavy atom. The lowest BCUT2D eigenvalue weighted by atomic mass is 9.98. The average Bonchev–Trinajstić information content (AvgIpc) is 2.90. The van der Waals surface area contributed by atoms with Crippen molar-refractivity contribution in [1.29, 1.82) is 0 Å². The van der Waals surface area contributed by atoms with Crippen molar-refractivity contribution >= 4 is 27.3 Å². The highest BCUT2D eigenvalue weighted by atomic mass is 32.2. The van der Waals surface area contributed by atoms with Gasteiger partial charge in [0.2, 0.25) is 0 Å². The lowest BCUT2D eigenvalue weighted by Gasteiger charge is -2.19. The third-order valence-corrected chi connectivity index (χ3v) is 8.16. The van der Waals surface area contributed by atoms with Crippen molar-refractivity contribution in [2.75, 3.05) is 5.32 Å². The minimum Gasteiger partial charge on any atom is -0.328 e. The van der Waals surface area contributed by atoms with Gasteiger partial charge in [0.05, 0.1) is 16.7 Å². The molecule has 202 valence electrons. The molecule has 0 spiro atoms. The molecule has 7 heteroatoms. The van der Waals surface area contributed by atoms with Gasteiger partial charge in [-0.15, -0.1) is 0 Å². The fourth-order valence-electron chi connectivity index (χ4n) is 4.23. The molecule has 2 amide bonds. The first-order chi connectivity index (χ1) is 18.3. The molecule has 3 aromatic carbocycles. The van der Waals surface area contributed by atoms with Crippen LogP contribution in [0.2, 0.25) is 0 Å². The number of nitrogens with one attached hydrogen (secondary N) is 2. The van der Waals surface area contributed by atoms with E-state index in [1.165, 1.54) is 6.42 Å². The first-order valence-electron chi connectivity index (χ1n) is 13.3. The second kappa shape index (κ2) is 14.5. The van der Waals surface area contributed by atoms with E-state index in [0.717, 1.165) is 36.8 Å². The number of aryl methyl sites for hydroxylation is 1. The number of benzene rings is 3. The molecule has 2 N–H and O–H groups in total. The summed E-state index contributed by atoms with van der Waals surface area (Å²) in [6, 6.07) is 22.1. The Morgan fingerprint density at radius 2 is 1.45 bits per heavy atom. The normalized spacial score (nSPS) is 12.1. The summed E-state index contributed by atoms with van der Waals surface area (Å²) in [7, 11) is -3.47. The SMILES string of the molecule is CCCCCCCC(=O)[C@@H](Cc1ccccc1)NC(=O)Nc1ccc(CS(=O)(=O)c2ccc(C)cc2)cc1. The standard InChI is InChI=1S/C31H38N2O4S/c1-3-4-5-6-10-13-30(34)29(22-25-11-8-7-9-12-25)33-31(35)32-27-18-16-26(17-19-27)23-38(36,37)28-20-14-24(2)15-21-28/h7-9,11-12,14-21,29H,3-6,10,13,22-23H2,1-2H3,(H2,32,33,35)/t29-/m1/s1. The molecule has 0 saturated heterocycles. The van der Waals surface area contributed by atoms with Crippen LogP contribution in [0.4, 0.5) is 10.5 Å². The third kappa shape index (κ3) is 9.45. The summed E-state index contributed by atoms with van der Waals surface area (Å²) >= 11 is 0. The van der Waals surface area contributed by atoms with Crippen LogP contribution in [0.5, 0.6) is 0 Å². The van der Waals surface area contributed by atoms with Gasteiger partial charge in [-0.1, -0.05) is 92.8 Å². The van der Waals surface area contributed by atoms with Gasteiger partial charge in [0.15, 0.2) is 15.6 Å². The molecule has 0 aliphatic carbocycles. The highest BCUT2D eigenvalue weighted by Crippen LogP contribution is 2.19. The fraction of sp³-hybridized carbons (Fsp3) is 0.355. The molecule has 3 rings (SSSR count). The summed E-state index contributed by atoms with van der Waals surface area (Å²) in [5, 5.41) is 5.62. The molecule has 0 bridgehead atoms. The molecule has 1 atom stereocenters. The first kappa shape index (κ1) is 29.1. The molecule has 0 aliphatic heterocycles. The monoisotopic (exact) mass is 534 g/mol. The second-order valence-corrected chi connectivity index (χ2v) is 11.7. The van der Waals surface area contributed by atoms with Crippen LogP contribution in [-0.4, -0.2) is 26.3 Å². The Morgan fingerprint density at radius 3 is 2.11 bits per heavy atom. The van der Waals surface area contributed by atoms with Gasteiger partial charge in [-0.05, 0) is 55.2 Å². The molecule has 0 heterocycles. The molecule has 0 unspecified atom stereocenters. The summed E-state index contributed by atoms with van der Waals surface area (Å²) < 4.78 is 25.5. The lowest BCUT2D eigenvalue weighted by molar-refractivity contribution is -0.120. The topological polar surface area (TPSA) is 92.3 Å². The van der Waals surface area contributed by atoms with E-state index >= 15 is 0 Å². The number of anilines is 1. The number of carbonyl (C=O) groups is 2. The molecule has 0 saturated carbocycles. The van der Waals surface area contributed by atoms with E-state index in [0.29, 0.717) is 24.1 Å². The van der Waals surface area contributed by atoms with Crippen LogP contribution >= 0.6 is 0 Å². The highest BCUT2D eigenvalue weighted by molar-refractivity contribution is 7.90. The van der Waals surface area contributed by atoms with E-state index in [1.807, 2.05) is 37.3 Å². The summed E-state index contributed by atoms with van der Waals surface area (Å²) in [5.74, 6) is -0.105. The highest BCUT2D eigenvalue weighted by Gasteiger charge is 2.21. The zero-order chi connectivity index (χ0) is 27.4. The molecular weight excluding hydrogens is 496 g/mol. The van der Waals surface area contributed by atoms with Gasteiger partial charge in [-0.3, -0.25) is 4.79 Å². The van der Waals surface area contributed by atoms with Gasteiger partial charge >= 0.3 is 6.03 Å². The van der Waals surface area contributed by atoms with Crippen LogP contribution in [0, 0.1) is 6.92 Å². The van der Waals surface area contributed by atoms with Gasteiger partial charge in [0, 0.05) is 12.1 Å². The Bertz CT molecular complexity index is 1270. The van der Waals surface area contributed by atoms with E-state index in [1.54, 1.807) is 48.5 Å². The molecule has 0 radical (unpaired) electrons. The maximum absolute atomic E-state index is 13.0. The molecule has 0 aromatic heterocycles. The summed E-state index contributed by atoms with van der Waals surface area (Å²) in [5.41, 5.74) is 3.12. The molecular formula is C31H38N2O4S. The molecule has 6 nitrogen and oxygen atoms in total.